The molecular weight excluding hydrogens is 226 g/mol. The number of hydrogen-bond acceptors (Lipinski definition) is 6. The van der Waals surface area contributed by atoms with Crippen LogP contribution in [0.2, 0.25) is 0 Å². The van der Waals surface area contributed by atoms with E-state index in [1.807, 2.05) is 24.3 Å². The SMILES string of the molecule is COc1cccc(OCc2nnc(N)s2)c1. The number of anilines is 1. The van der Waals surface area contributed by atoms with Gasteiger partial charge in [-0.25, -0.2) is 0 Å². The van der Waals surface area contributed by atoms with E-state index in [-0.39, 0.29) is 0 Å². The van der Waals surface area contributed by atoms with Crippen LogP contribution in [0.3, 0.4) is 0 Å². The minimum absolute atomic E-state index is 0.363. The molecule has 0 fully saturated rings. The summed E-state index contributed by atoms with van der Waals surface area (Å²) < 4.78 is 10.6. The number of nitrogens with two attached hydrogens (primary N) is 1. The third kappa shape index (κ3) is 2.60. The van der Waals surface area contributed by atoms with Crippen molar-refractivity contribution in [1.82, 2.24) is 10.2 Å². The molecule has 6 heteroatoms. The fraction of sp³-hybridized carbons (Fsp3) is 0.200. The highest BCUT2D eigenvalue weighted by Crippen LogP contribution is 2.20. The Balaban J connectivity index is 1.99. The molecule has 2 N–H and O–H groups in total. The topological polar surface area (TPSA) is 70.3 Å². The van der Waals surface area contributed by atoms with Crippen molar-refractivity contribution in [2.75, 3.05) is 12.8 Å². The molecule has 2 rings (SSSR count). The summed E-state index contributed by atoms with van der Waals surface area (Å²) in [5.41, 5.74) is 5.46. The molecule has 1 aromatic heterocycles. The molecule has 0 bridgehead atoms. The summed E-state index contributed by atoms with van der Waals surface area (Å²) in [5.74, 6) is 1.49. The number of nitrogens with zero attached hydrogens (tertiary/aromatic N) is 2. The van der Waals surface area contributed by atoms with Crippen molar-refractivity contribution >= 4 is 16.5 Å². The average molecular weight is 237 g/mol. The van der Waals surface area contributed by atoms with Crippen LogP contribution in [-0.4, -0.2) is 17.3 Å². The summed E-state index contributed by atoms with van der Waals surface area (Å²) in [6, 6.07) is 7.38. The first kappa shape index (κ1) is 10.7. The maximum atomic E-state index is 5.52. The zero-order valence-corrected chi connectivity index (χ0v) is 9.53. The second kappa shape index (κ2) is 4.80. The van der Waals surface area contributed by atoms with E-state index in [2.05, 4.69) is 10.2 Å². The molecule has 1 heterocycles. The van der Waals surface area contributed by atoms with Gasteiger partial charge in [0.25, 0.3) is 0 Å². The summed E-state index contributed by atoms with van der Waals surface area (Å²) in [7, 11) is 1.62. The molecule has 0 unspecified atom stereocenters. The molecule has 16 heavy (non-hydrogen) atoms. The first-order valence-corrected chi connectivity index (χ1v) is 5.44. The van der Waals surface area contributed by atoms with Gasteiger partial charge in [0.15, 0.2) is 5.01 Å². The van der Waals surface area contributed by atoms with E-state index in [0.717, 1.165) is 16.5 Å². The number of methoxy groups -OCH3 is 1. The van der Waals surface area contributed by atoms with Crippen LogP contribution in [-0.2, 0) is 6.61 Å². The molecule has 0 aliphatic carbocycles. The van der Waals surface area contributed by atoms with Gasteiger partial charge in [-0.1, -0.05) is 17.4 Å². The highest BCUT2D eigenvalue weighted by molar-refractivity contribution is 7.15. The Labute approximate surface area is 96.8 Å². The Morgan fingerprint density at radius 2 is 2.12 bits per heavy atom. The van der Waals surface area contributed by atoms with E-state index in [1.54, 1.807) is 7.11 Å². The number of nitrogen functional groups attached to an aromatic ring is 1. The summed E-state index contributed by atoms with van der Waals surface area (Å²) in [4.78, 5) is 0. The first-order valence-electron chi connectivity index (χ1n) is 4.62. The van der Waals surface area contributed by atoms with E-state index in [4.69, 9.17) is 15.2 Å². The van der Waals surface area contributed by atoms with Crippen molar-refractivity contribution in [2.45, 2.75) is 6.61 Å². The normalized spacial score (nSPS) is 10.1. The molecule has 0 aliphatic heterocycles. The second-order valence-corrected chi connectivity index (χ2v) is 4.10. The van der Waals surface area contributed by atoms with E-state index in [9.17, 15) is 0 Å². The molecule has 0 radical (unpaired) electrons. The van der Waals surface area contributed by atoms with E-state index in [0.29, 0.717) is 11.7 Å². The predicted molar refractivity (Wildman–Crippen MR) is 61.6 cm³/mol. The largest absolute Gasteiger partial charge is 0.497 e. The minimum Gasteiger partial charge on any atom is -0.497 e. The van der Waals surface area contributed by atoms with Crippen LogP contribution in [0, 0.1) is 0 Å². The lowest BCUT2D eigenvalue weighted by molar-refractivity contribution is 0.302. The van der Waals surface area contributed by atoms with Gasteiger partial charge in [-0.3, -0.25) is 0 Å². The minimum atomic E-state index is 0.363. The Bertz CT molecular complexity index is 473. The lowest BCUT2D eigenvalue weighted by atomic mass is 10.3. The monoisotopic (exact) mass is 237 g/mol. The summed E-state index contributed by atoms with van der Waals surface area (Å²) in [6.45, 7) is 0.363. The van der Waals surface area contributed by atoms with Crippen LogP contribution in [0.15, 0.2) is 24.3 Å². The molecule has 0 saturated heterocycles. The summed E-state index contributed by atoms with van der Waals surface area (Å²) in [6.07, 6.45) is 0. The molecule has 0 saturated carbocycles. The van der Waals surface area contributed by atoms with Gasteiger partial charge in [0.1, 0.15) is 18.1 Å². The van der Waals surface area contributed by atoms with Crippen LogP contribution in [0.25, 0.3) is 0 Å². The fourth-order valence-corrected chi connectivity index (χ4v) is 1.68. The zero-order chi connectivity index (χ0) is 11.4. The number of hydrogen-bond donors (Lipinski definition) is 1. The Kier molecular flexibility index (Phi) is 3.21. The molecule has 0 spiro atoms. The van der Waals surface area contributed by atoms with Crippen LogP contribution >= 0.6 is 11.3 Å². The number of rotatable bonds is 4. The first-order chi connectivity index (χ1) is 7.78. The Morgan fingerprint density at radius 1 is 1.31 bits per heavy atom. The van der Waals surface area contributed by atoms with Crippen molar-refractivity contribution in [3.05, 3.63) is 29.3 Å². The lowest BCUT2D eigenvalue weighted by Gasteiger charge is -2.05. The number of aromatic nitrogens is 2. The van der Waals surface area contributed by atoms with Gasteiger partial charge in [-0.15, -0.1) is 10.2 Å². The van der Waals surface area contributed by atoms with Crippen LogP contribution in [0.1, 0.15) is 5.01 Å². The van der Waals surface area contributed by atoms with Gasteiger partial charge in [0, 0.05) is 6.07 Å². The van der Waals surface area contributed by atoms with E-state index >= 15 is 0 Å². The lowest BCUT2D eigenvalue weighted by Crippen LogP contribution is -1.95. The smallest absolute Gasteiger partial charge is 0.203 e. The number of ether oxygens (including phenoxy) is 2. The van der Waals surface area contributed by atoms with Crippen molar-refractivity contribution in [2.24, 2.45) is 0 Å². The predicted octanol–water partition coefficient (Wildman–Crippen LogP) is 1.71. The van der Waals surface area contributed by atoms with Gasteiger partial charge >= 0.3 is 0 Å². The van der Waals surface area contributed by atoms with Gasteiger partial charge in [-0.05, 0) is 12.1 Å². The maximum absolute atomic E-state index is 5.52. The molecule has 84 valence electrons. The van der Waals surface area contributed by atoms with Crippen molar-refractivity contribution in [3.63, 3.8) is 0 Å². The standard InChI is InChI=1S/C10H11N3O2S/c1-14-7-3-2-4-8(5-7)15-6-9-12-13-10(11)16-9/h2-5H,6H2,1H3,(H2,11,13). The van der Waals surface area contributed by atoms with Crippen LogP contribution < -0.4 is 15.2 Å². The van der Waals surface area contributed by atoms with Gasteiger partial charge in [0.05, 0.1) is 7.11 Å². The molecule has 0 aliphatic rings. The molecule has 5 nitrogen and oxygen atoms in total. The molecule has 0 atom stereocenters. The third-order valence-corrected chi connectivity index (χ3v) is 2.61. The zero-order valence-electron chi connectivity index (χ0n) is 8.71. The summed E-state index contributed by atoms with van der Waals surface area (Å²) in [5, 5.41) is 8.76. The van der Waals surface area contributed by atoms with Gasteiger partial charge in [0.2, 0.25) is 5.13 Å². The second-order valence-electron chi connectivity index (χ2n) is 3.00. The quantitative estimate of drug-likeness (QED) is 0.876. The van der Waals surface area contributed by atoms with Crippen molar-refractivity contribution in [1.29, 1.82) is 0 Å². The Hall–Kier alpha value is -1.82. The van der Waals surface area contributed by atoms with E-state index in [1.165, 1.54) is 11.3 Å². The highest BCUT2D eigenvalue weighted by Gasteiger charge is 2.02. The number of benzene rings is 1. The molecule has 2 aromatic rings. The Morgan fingerprint density at radius 3 is 2.81 bits per heavy atom. The molecular formula is C10H11N3O2S. The maximum Gasteiger partial charge on any atom is 0.203 e. The van der Waals surface area contributed by atoms with Crippen molar-refractivity contribution < 1.29 is 9.47 Å². The highest BCUT2D eigenvalue weighted by atomic mass is 32.1. The van der Waals surface area contributed by atoms with Gasteiger partial charge in [-0.2, -0.15) is 0 Å². The molecule has 1 aromatic carbocycles. The van der Waals surface area contributed by atoms with Crippen LogP contribution in [0.5, 0.6) is 11.5 Å². The van der Waals surface area contributed by atoms with Gasteiger partial charge < -0.3 is 15.2 Å². The fourth-order valence-electron chi connectivity index (χ4n) is 1.16. The average Bonchev–Trinajstić information content (AvgIpc) is 2.73. The third-order valence-electron chi connectivity index (χ3n) is 1.89. The van der Waals surface area contributed by atoms with Crippen LogP contribution in [0.4, 0.5) is 5.13 Å². The molecule has 0 amide bonds. The van der Waals surface area contributed by atoms with E-state index < -0.39 is 0 Å². The van der Waals surface area contributed by atoms with Crippen molar-refractivity contribution in [3.8, 4) is 11.5 Å². The summed E-state index contributed by atoms with van der Waals surface area (Å²) >= 11 is 1.32.